The molecule has 0 saturated carbocycles. The fraction of sp³-hybridized carbons (Fsp3) is 0.167. The zero-order valence-corrected chi connectivity index (χ0v) is 7.41. The summed E-state index contributed by atoms with van der Waals surface area (Å²) in [6, 6.07) is 0. The average Bonchev–Trinajstić information content (AvgIpc) is 2.05. The van der Waals surface area contributed by atoms with Crippen LogP contribution in [0.2, 0.25) is 5.15 Å². The molecule has 0 amide bonds. The topological polar surface area (TPSA) is 37.8 Å². The lowest BCUT2D eigenvalue weighted by Gasteiger charge is -1.99. The van der Waals surface area contributed by atoms with Gasteiger partial charge in [-0.1, -0.05) is 23.8 Å². The van der Waals surface area contributed by atoms with Crippen LogP contribution in [0.4, 0.5) is 0 Å². The first-order chi connectivity index (χ1) is 5.24. The lowest BCUT2D eigenvalue weighted by Crippen LogP contribution is -2.17. The minimum absolute atomic E-state index is 0.368. The average molecular weight is 188 g/mol. The van der Waals surface area contributed by atoms with E-state index in [0.29, 0.717) is 15.8 Å². The molecule has 0 spiro atoms. The molecular formula is C6H6ClN3S. The van der Waals surface area contributed by atoms with Gasteiger partial charge < -0.3 is 5.32 Å². The number of nitrogens with one attached hydrogen (secondary N) is 1. The van der Waals surface area contributed by atoms with E-state index < -0.39 is 0 Å². The van der Waals surface area contributed by atoms with Crippen LogP contribution in [-0.4, -0.2) is 22.0 Å². The van der Waals surface area contributed by atoms with Crippen molar-refractivity contribution in [2.45, 2.75) is 0 Å². The Balaban J connectivity index is 2.90. The number of nitrogens with zero attached hydrogens (tertiary/aromatic N) is 2. The van der Waals surface area contributed by atoms with E-state index in [9.17, 15) is 0 Å². The Morgan fingerprint density at radius 2 is 2.27 bits per heavy atom. The minimum atomic E-state index is 0.368. The van der Waals surface area contributed by atoms with Gasteiger partial charge in [0.05, 0.1) is 12.4 Å². The van der Waals surface area contributed by atoms with Gasteiger partial charge in [0.2, 0.25) is 0 Å². The SMILES string of the molecule is CNC(=S)c1cnc(Cl)cn1. The molecule has 0 aromatic carbocycles. The number of aromatic nitrogens is 2. The Bertz CT molecular complexity index is 259. The van der Waals surface area contributed by atoms with Gasteiger partial charge in [-0.25, -0.2) is 9.97 Å². The van der Waals surface area contributed by atoms with Crippen LogP contribution >= 0.6 is 23.8 Å². The Labute approximate surface area is 74.8 Å². The molecule has 0 aliphatic heterocycles. The third kappa shape index (κ3) is 2.10. The monoisotopic (exact) mass is 187 g/mol. The first-order valence-corrected chi connectivity index (χ1v) is 3.72. The molecule has 5 heteroatoms. The summed E-state index contributed by atoms with van der Waals surface area (Å²) in [4.78, 5) is 8.34. The van der Waals surface area contributed by atoms with Crippen LogP contribution in [-0.2, 0) is 0 Å². The fourth-order valence-corrected chi connectivity index (χ4v) is 0.761. The first-order valence-electron chi connectivity index (χ1n) is 2.93. The summed E-state index contributed by atoms with van der Waals surface area (Å²) in [5, 5.41) is 3.15. The molecule has 0 aliphatic carbocycles. The zero-order valence-electron chi connectivity index (χ0n) is 5.84. The molecular weight excluding hydrogens is 182 g/mol. The molecule has 3 nitrogen and oxygen atoms in total. The lowest BCUT2D eigenvalue weighted by atomic mass is 10.4. The van der Waals surface area contributed by atoms with Crippen molar-refractivity contribution >= 4 is 28.8 Å². The van der Waals surface area contributed by atoms with Crippen LogP contribution in [0.1, 0.15) is 5.69 Å². The second kappa shape index (κ2) is 3.59. The van der Waals surface area contributed by atoms with Gasteiger partial charge in [-0.3, -0.25) is 0 Å². The smallest absolute Gasteiger partial charge is 0.147 e. The Kier molecular flexibility index (Phi) is 2.73. The highest BCUT2D eigenvalue weighted by Gasteiger charge is 1.98. The van der Waals surface area contributed by atoms with Crippen molar-refractivity contribution in [2.24, 2.45) is 0 Å². The minimum Gasteiger partial charge on any atom is -0.378 e. The molecule has 1 rings (SSSR count). The van der Waals surface area contributed by atoms with Crippen LogP contribution in [0.5, 0.6) is 0 Å². The van der Waals surface area contributed by atoms with Crippen molar-refractivity contribution in [1.29, 1.82) is 0 Å². The number of hydrogen-bond acceptors (Lipinski definition) is 3. The molecule has 0 aliphatic rings. The Morgan fingerprint density at radius 1 is 1.55 bits per heavy atom. The number of rotatable bonds is 1. The van der Waals surface area contributed by atoms with Crippen molar-refractivity contribution in [3.63, 3.8) is 0 Å². The first kappa shape index (κ1) is 8.36. The van der Waals surface area contributed by atoms with Gasteiger partial charge in [-0.15, -0.1) is 0 Å². The van der Waals surface area contributed by atoms with E-state index in [1.807, 2.05) is 0 Å². The molecule has 0 atom stereocenters. The molecule has 1 N–H and O–H groups in total. The maximum absolute atomic E-state index is 5.52. The molecule has 11 heavy (non-hydrogen) atoms. The molecule has 0 radical (unpaired) electrons. The summed E-state index contributed by atoms with van der Waals surface area (Å²) in [5.74, 6) is 0. The standard InChI is InChI=1S/C6H6ClN3S/c1-8-6(11)4-2-10-5(7)3-9-4/h2-3H,1H3,(H,8,11). The molecule has 58 valence electrons. The van der Waals surface area contributed by atoms with Crippen LogP contribution in [0.15, 0.2) is 12.4 Å². The van der Waals surface area contributed by atoms with Gasteiger partial charge >= 0.3 is 0 Å². The molecule has 0 bridgehead atoms. The predicted octanol–water partition coefficient (Wildman–Crippen LogP) is 1.02. The Hall–Kier alpha value is -0.740. The molecule has 0 fully saturated rings. The highest BCUT2D eigenvalue weighted by molar-refractivity contribution is 7.80. The summed E-state index contributed by atoms with van der Waals surface area (Å²) < 4.78 is 0. The van der Waals surface area contributed by atoms with E-state index in [-0.39, 0.29) is 0 Å². The van der Waals surface area contributed by atoms with Crippen molar-refractivity contribution < 1.29 is 0 Å². The van der Waals surface area contributed by atoms with Crippen molar-refractivity contribution in [3.8, 4) is 0 Å². The van der Waals surface area contributed by atoms with Gasteiger partial charge in [0.15, 0.2) is 0 Å². The summed E-state index contributed by atoms with van der Waals surface area (Å²) in [6.45, 7) is 0. The third-order valence-electron chi connectivity index (χ3n) is 1.08. The van der Waals surface area contributed by atoms with E-state index in [2.05, 4.69) is 15.3 Å². The summed E-state index contributed by atoms with van der Waals surface area (Å²) in [7, 11) is 1.73. The van der Waals surface area contributed by atoms with Gasteiger partial charge in [0, 0.05) is 7.05 Å². The van der Waals surface area contributed by atoms with Crippen molar-refractivity contribution in [1.82, 2.24) is 15.3 Å². The van der Waals surface area contributed by atoms with E-state index in [1.54, 1.807) is 7.05 Å². The van der Waals surface area contributed by atoms with E-state index in [4.69, 9.17) is 23.8 Å². The normalized spacial score (nSPS) is 9.27. The predicted molar refractivity (Wildman–Crippen MR) is 47.8 cm³/mol. The van der Waals surface area contributed by atoms with Crippen molar-refractivity contribution in [2.75, 3.05) is 7.05 Å². The van der Waals surface area contributed by atoms with Crippen LogP contribution in [0, 0.1) is 0 Å². The second-order valence-electron chi connectivity index (χ2n) is 1.80. The number of halogens is 1. The van der Waals surface area contributed by atoms with E-state index >= 15 is 0 Å². The van der Waals surface area contributed by atoms with E-state index in [0.717, 1.165) is 0 Å². The largest absolute Gasteiger partial charge is 0.378 e. The number of thiocarbonyl (C=S) groups is 1. The number of hydrogen-bond donors (Lipinski definition) is 1. The van der Waals surface area contributed by atoms with Crippen LogP contribution < -0.4 is 5.32 Å². The van der Waals surface area contributed by atoms with Crippen LogP contribution in [0.25, 0.3) is 0 Å². The van der Waals surface area contributed by atoms with Crippen LogP contribution in [0.3, 0.4) is 0 Å². The van der Waals surface area contributed by atoms with Gasteiger partial charge in [-0.05, 0) is 0 Å². The lowest BCUT2D eigenvalue weighted by molar-refractivity contribution is 1.13. The highest BCUT2D eigenvalue weighted by atomic mass is 35.5. The van der Waals surface area contributed by atoms with Gasteiger partial charge in [-0.2, -0.15) is 0 Å². The molecule has 1 aromatic rings. The van der Waals surface area contributed by atoms with Gasteiger partial charge in [0.25, 0.3) is 0 Å². The van der Waals surface area contributed by atoms with Crippen molar-refractivity contribution in [3.05, 3.63) is 23.2 Å². The maximum atomic E-state index is 5.52. The quantitative estimate of drug-likeness (QED) is 0.667. The summed E-state index contributed by atoms with van der Waals surface area (Å²) >= 11 is 10.4. The van der Waals surface area contributed by atoms with E-state index in [1.165, 1.54) is 12.4 Å². The Morgan fingerprint density at radius 3 is 2.73 bits per heavy atom. The molecule has 0 saturated heterocycles. The summed E-state index contributed by atoms with van der Waals surface area (Å²) in [6.07, 6.45) is 2.99. The summed E-state index contributed by atoms with van der Waals surface area (Å²) in [5.41, 5.74) is 0.631. The fourth-order valence-electron chi connectivity index (χ4n) is 0.558. The third-order valence-corrected chi connectivity index (χ3v) is 1.69. The maximum Gasteiger partial charge on any atom is 0.147 e. The van der Waals surface area contributed by atoms with Gasteiger partial charge in [0.1, 0.15) is 15.8 Å². The molecule has 1 heterocycles. The zero-order chi connectivity index (χ0) is 8.27. The molecule has 0 unspecified atom stereocenters. The molecule has 1 aromatic heterocycles. The highest BCUT2D eigenvalue weighted by Crippen LogP contribution is 2.00. The second-order valence-corrected chi connectivity index (χ2v) is 2.60.